The Morgan fingerprint density at radius 1 is 1.07 bits per heavy atom. The van der Waals surface area contributed by atoms with Crippen LogP contribution in [0.2, 0.25) is 0 Å². The van der Waals surface area contributed by atoms with E-state index in [1.54, 1.807) is 19.2 Å². The Morgan fingerprint density at radius 3 is 2.50 bits per heavy atom. The van der Waals surface area contributed by atoms with Crippen LogP contribution in [-0.4, -0.2) is 51.7 Å². The van der Waals surface area contributed by atoms with Gasteiger partial charge in [0.1, 0.15) is 11.6 Å². The van der Waals surface area contributed by atoms with Gasteiger partial charge in [-0.05, 0) is 56.3 Å². The molecule has 0 heterocycles. The number of hydrogen-bond acceptors (Lipinski definition) is 3. The molecule has 0 saturated heterocycles. The van der Waals surface area contributed by atoms with Crippen molar-refractivity contribution >= 4 is 5.96 Å². The standard InChI is InChI=1S/C22H31FN4O/c1-24-22(25-14-13-19-7-4-5-8-21(19)23)26-17-18-9-11-20(12-10-18)28-16-6-15-27(2)3/h4-5,7-12H,6,13-17H2,1-3H3,(H2,24,25,26). The molecule has 0 unspecified atom stereocenters. The number of rotatable bonds is 10. The highest BCUT2D eigenvalue weighted by atomic mass is 19.1. The first-order valence-corrected chi connectivity index (χ1v) is 9.63. The Hall–Kier alpha value is -2.60. The molecule has 2 aromatic carbocycles. The fourth-order valence-electron chi connectivity index (χ4n) is 2.70. The minimum atomic E-state index is -0.170. The second-order valence-corrected chi connectivity index (χ2v) is 6.84. The topological polar surface area (TPSA) is 48.9 Å². The van der Waals surface area contributed by atoms with Gasteiger partial charge in [0, 0.05) is 26.7 Å². The van der Waals surface area contributed by atoms with Crippen LogP contribution >= 0.6 is 0 Å². The van der Waals surface area contributed by atoms with E-state index in [-0.39, 0.29) is 5.82 Å². The smallest absolute Gasteiger partial charge is 0.191 e. The zero-order valence-electron chi connectivity index (χ0n) is 17.0. The van der Waals surface area contributed by atoms with Crippen molar-refractivity contribution in [2.45, 2.75) is 19.4 Å². The van der Waals surface area contributed by atoms with Gasteiger partial charge < -0.3 is 20.3 Å². The summed E-state index contributed by atoms with van der Waals surface area (Å²) in [7, 11) is 5.85. The van der Waals surface area contributed by atoms with Crippen molar-refractivity contribution in [2.75, 3.05) is 40.8 Å². The minimum Gasteiger partial charge on any atom is -0.494 e. The normalized spacial score (nSPS) is 11.5. The number of aliphatic imine (C=N–C) groups is 1. The highest BCUT2D eigenvalue weighted by Gasteiger charge is 2.03. The lowest BCUT2D eigenvalue weighted by molar-refractivity contribution is 0.281. The summed E-state index contributed by atoms with van der Waals surface area (Å²) in [6.07, 6.45) is 1.61. The molecule has 0 aliphatic heterocycles. The molecule has 0 amide bonds. The van der Waals surface area contributed by atoms with Crippen LogP contribution in [0.15, 0.2) is 53.5 Å². The van der Waals surface area contributed by atoms with Crippen LogP contribution in [0.3, 0.4) is 0 Å². The molecular formula is C22H31FN4O. The first kappa shape index (κ1) is 21.7. The Labute approximate surface area is 167 Å². The van der Waals surface area contributed by atoms with Gasteiger partial charge in [-0.15, -0.1) is 0 Å². The molecule has 0 aromatic heterocycles. The van der Waals surface area contributed by atoms with Crippen molar-refractivity contribution in [3.63, 3.8) is 0 Å². The lowest BCUT2D eigenvalue weighted by atomic mass is 10.1. The molecule has 2 aromatic rings. The number of ether oxygens (including phenoxy) is 1. The van der Waals surface area contributed by atoms with E-state index in [4.69, 9.17) is 4.74 Å². The molecule has 28 heavy (non-hydrogen) atoms. The Balaban J connectivity index is 1.70. The van der Waals surface area contributed by atoms with Crippen molar-refractivity contribution in [1.29, 1.82) is 0 Å². The number of hydrogen-bond donors (Lipinski definition) is 2. The second kappa shape index (κ2) is 12.0. The summed E-state index contributed by atoms with van der Waals surface area (Å²) < 4.78 is 19.4. The average Bonchev–Trinajstić information content (AvgIpc) is 2.70. The number of guanidine groups is 1. The Bertz CT molecular complexity index is 732. The van der Waals surface area contributed by atoms with Gasteiger partial charge in [0.2, 0.25) is 0 Å². The van der Waals surface area contributed by atoms with E-state index >= 15 is 0 Å². The van der Waals surface area contributed by atoms with Gasteiger partial charge in [-0.3, -0.25) is 4.99 Å². The van der Waals surface area contributed by atoms with Crippen molar-refractivity contribution in [3.8, 4) is 5.75 Å². The maximum atomic E-state index is 13.6. The molecule has 0 aliphatic carbocycles. The lowest BCUT2D eigenvalue weighted by Crippen LogP contribution is -2.37. The fraction of sp³-hybridized carbons (Fsp3) is 0.409. The fourth-order valence-corrected chi connectivity index (χ4v) is 2.70. The van der Waals surface area contributed by atoms with Gasteiger partial charge in [-0.25, -0.2) is 4.39 Å². The SMILES string of the molecule is CN=C(NCCc1ccccc1F)NCc1ccc(OCCCN(C)C)cc1. The van der Waals surface area contributed by atoms with Crippen molar-refractivity contribution in [1.82, 2.24) is 15.5 Å². The number of benzene rings is 2. The van der Waals surface area contributed by atoms with Crippen molar-refractivity contribution in [3.05, 3.63) is 65.5 Å². The van der Waals surface area contributed by atoms with Gasteiger partial charge in [0.05, 0.1) is 6.61 Å². The molecule has 0 atom stereocenters. The largest absolute Gasteiger partial charge is 0.494 e. The maximum Gasteiger partial charge on any atom is 0.191 e. The summed E-state index contributed by atoms with van der Waals surface area (Å²) in [5, 5.41) is 6.48. The van der Waals surface area contributed by atoms with Crippen LogP contribution in [0, 0.1) is 5.82 Å². The highest BCUT2D eigenvalue weighted by molar-refractivity contribution is 5.79. The summed E-state index contributed by atoms with van der Waals surface area (Å²) in [5.41, 5.74) is 1.84. The van der Waals surface area contributed by atoms with Crippen molar-refractivity contribution in [2.24, 2.45) is 4.99 Å². The molecule has 0 radical (unpaired) electrons. The molecule has 2 N–H and O–H groups in total. The van der Waals surface area contributed by atoms with E-state index in [9.17, 15) is 4.39 Å². The van der Waals surface area contributed by atoms with E-state index in [0.717, 1.165) is 24.3 Å². The Morgan fingerprint density at radius 2 is 1.82 bits per heavy atom. The third-order valence-corrected chi connectivity index (χ3v) is 4.27. The lowest BCUT2D eigenvalue weighted by Gasteiger charge is -2.13. The zero-order valence-corrected chi connectivity index (χ0v) is 17.0. The molecule has 5 nitrogen and oxygen atoms in total. The molecule has 2 rings (SSSR count). The predicted octanol–water partition coefficient (Wildman–Crippen LogP) is 3.06. The van der Waals surface area contributed by atoms with Gasteiger partial charge >= 0.3 is 0 Å². The first-order valence-electron chi connectivity index (χ1n) is 9.63. The third-order valence-electron chi connectivity index (χ3n) is 4.27. The Kier molecular flexibility index (Phi) is 9.28. The molecule has 0 spiro atoms. The van der Waals surface area contributed by atoms with Gasteiger partial charge in [0.25, 0.3) is 0 Å². The quantitative estimate of drug-likeness (QED) is 0.374. The zero-order chi connectivity index (χ0) is 20.2. The number of halogens is 1. The van der Waals surface area contributed by atoms with Crippen LogP contribution in [0.25, 0.3) is 0 Å². The van der Waals surface area contributed by atoms with E-state index in [2.05, 4.69) is 34.6 Å². The van der Waals surface area contributed by atoms with Crippen LogP contribution in [0.5, 0.6) is 5.75 Å². The number of nitrogens with zero attached hydrogens (tertiary/aromatic N) is 2. The van der Waals surface area contributed by atoms with Gasteiger partial charge in [-0.2, -0.15) is 0 Å². The first-order chi connectivity index (χ1) is 13.6. The molecule has 0 saturated carbocycles. The summed E-state index contributed by atoms with van der Waals surface area (Å²) in [6.45, 7) is 3.00. The molecule has 0 aliphatic rings. The number of nitrogens with one attached hydrogen (secondary N) is 2. The third kappa shape index (κ3) is 7.96. The second-order valence-electron chi connectivity index (χ2n) is 6.84. The average molecular weight is 387 g/mol. The highest BCUT2D eigenvalue weighted by Crippen LogP contribution is 2.12. The van der Waals surface area contributed by atoms with E-state index in [1.165, 1.54) is 6.07 Å². The van der Waals surface area contributed by atoms with Crippen LogP contribution in [0.1, 0.15) is 17.5 Å². The van der Waals surface area contributed by atoms with E-state index < -0.39 is 0 Å². The summed E-state index contributed by atoms with van der Waals surface area (Å²) in [6, 6.07) is 14.9. The summed E-state index contributed by atoms with van der Waals surface area (Å²) in [4.78, 5) is 6.36. The summed E-state index contributed by atoms with van der Waals surface area (Å²) in [5.74, 6) is 1.41. The van der Waals surface area contributed by atoms with E-state index in [0.29, 0.717) is 37.6 Å². The molecule has 6 heteroatoms. The van der Waals surface area contributed by atoms with Crippen LogP contribution in [-0.2, 0) is 13.0 Å². The maximum absolute atomic E-state index is 13.6. The van der Waals surface area contributed by atoms with Crippen LogP contribution in [0.4, 0.5) is 4.39 Å². The molecular weight excluding hydrogens is 355 g/mol. The van der Waals surface area contributed by atoms with Crippen molar-refractivity contribution < 1.29 is 9.13 Å². The van der Waals surface area contributed by atoms with E-state index in [1.807, 2.05) is 30.3 Å². The molecule has 152 valence electrons. The summed E-state index contributed by atoms with van der Waals surface area (Å²) >= 11 is 0. The van der Waals surface area contributed by atoms with Crippen LogP contribution < -0.4 is 15.4 Å². The molecule has 0 bridgehead atoms. The van der Waals surface area contributed by atoms with Gasteiger partial charge in [0.15, 0.2) is 5.96 Å². The molecule has 0 fully saturated rings. The monoisotopic (exact) mass is 386 g/mol. The minimum absolute atomic E-state index is 0.170. The predicted molar refractivity (Wildman–Crippen MR) is 113 cm³/mol. The van der Waals surface area contributed by atoms with Gasteiger partial charge in [-0.1, -0.05) is 30.3 Å².